The van der Waals surface area contributed by atoms with Gasteiger partial charge in [-0.05, 0) is 29.8 Å². The number of halogens is 1. The maximum atomic E-state index is 13.1. The van der Waals surface area contributed by atoms with Gasteiger partial charge in [-0.25, -0.2) is 0 Å². The van der Waals surface area contributed by atoms with Gasteiger partial charge in [-0.1, -0.05) is 34.1 Å². The number of carbonyl (C=O) groups is 1. The topological polar surface area (TPSA) is 38.8 Å². The van der Waals surface area contributed by atoms with Crippen LogP contribution in [0.5, 0.6) is 11.5 Å². The molecule has 2 aliphatic heterocycles. The Kier molecular flexibility index (Phi) is 4.41. The summed E-state index contributed by atoms with van der Waals surface area (Å²) >= 11 is 5.25. The number of fused-ring (bicyclic) bond motifs is 1. The smallest absolute Gasteiger partial charge is 0.258 e. The number of amides is 1. The van der Waals surface area contributed by atoms with Crippen molar-refractivity contribution in [3.8, 4) is 11.5 Å². The van der Waals surface area contributed by atoms with Crippen LogP contribution in [0.2, 0.25) is 0 Å². The van der Waals surface area contributed by atoms with Gasteiger partial charge in [-0.2, -0.15) is 0 Å². The molecule has 24 heavy (non-hydrogen) atoms. The summed E-state index contributed by atoms with van der Waals surface area (Å²) in [6, 6.07) is 13.7. The van der Waals surface area contributed by atoms with E-state index in [1.54, 1.807) is 11.8 Å². The molecule has 1 fully saturated rings. The van der Waals surface area contributed by atoms with Gasteiger partial charge in [0.25, 0.3) is 5.91 Å². The van der Waals surface area contributed by atoms with Gasteiger partial charge in [0.15, 0.2) is 11.5 Å². The lowest BCUT2D eigenvalue weighted by molar-refractivity contribution is 0.0749. The van der Waals surface area contributed by atoms with Crippen LogP contribution >= 0.6 is 27.7 Å². The molecule has 0 aliphatic carbocycles. The third-order valence-corrected chi connectivity index (χ3v) is 5.89. The summed E-state index contributed by atoms with van der Waals surface area (Å²) in [6.07, 6.45) is 0. The second-order valence-corrected chi connectivity index (χ2v) is 7.71. The SMILES string of the molecule is O=C(c1cccc2c1OCCO2)N1CCSC1c1ccc(Br)cc1. The normalized spacial score (nSPS) is 19.4. The van der Waals surface area contributed by atoms with Crippen LogP contribution in [0, 0.1) is 0 Å². The molecule has 4 nitrogen and oxygen atoms in total. The Labute approximate surface area is 153 Å². The van der Waals surface area contributed by atoms with Crippen molar-refractivity contribution in [2.45, 2.75) is 5.37 Å². The zero-order valence-corrected chi connectivity index (χ0v) is 15.3. The van der Waals surface area contributed by atoms with E-state index in [0.29, 0.717) is 30.3 Å². The first kappa shape index (κ1) is 15.8. The van der Waals surface area contributed by atoms with Crippen molar-refractivity contribution in [3.05, 3.63) is 58.1 Å². The molecule has 1 unspecified atom stereocenters. The Balaban J connectivity index is 1.65. The second-order valence-electron chi connectivity index (χ2n) is 5.60. The van der Waals surface area contributed by atoms with Crippen LogP contribution in [0.3, 0.4) is 0 Å². The number of para-hydroxylation sites is 1. The monoisotopic (exact) mass is 405 g/mol. The molecule has 1 saturated heterocycles. The van der Waals surface area contributed by atoms with E-state index >= 15 is 0 Å². The third-order valence-electron chi connectivity index (χ3n) is 4.10. The molecule has 124 valence electrons. The number of benzene rings is 2. The van der Waals surface area contributed by atoms with Gasteiger partial charge >= 0.3 is 0 Å². The van der Waals surface area contributed by atoms with Crippen molar-refractivity contribution in [3.63, 3.8) is 0 Å². The minimum Gasteiger partial charge on any atom is -0.486 e. The highest BCUT2D eigenvalue weighted by molar-refractivity contribution is 9.10. The zero-order valence-electron chi connectivity index (χ0n) is 12.9. The minimum atomic E-state index is -0.00438. The van der Waals surface area contributed by atoms with Crippen LogP contribution < -0.4 is 9.47 Å². The van der Waals surface area contributed by atoms with E-state index in [1.165, 1.54) is 0 Å². The highest BCUT2D eigenvalue weighted by Gasteiger charge is 2.33. The first-order valence-corrected chi connectivity index (χ1v) is 9.65. The first-order valence-electron chi connectivity index (χ1n) is 7.81. The molecule has 2 aromatic carbocycles. The van der Waals surface area contributed by atoms with E-state index < -0.39 is 0 Å². The fourth-order valence-electron chi connectivity index (χ4n) is 2.98. The average Bonchev–Trinajstić information content (AvgIpc) is 3.11. The second kappa shape index (κ2) is 6.69. The summed E-state index contributed by atoms with van der Waals surface area (Å²) in [5.41, 5.74) is 1.72. The third kappa shape index (κ3) is 2.89. The van der Waals surface area contributed by atoms with Crippen LogP contribution in [-0.2, 0) is 0 Å². The fraction of sp³-hybridized carbons (Fsp3) is 0.278. The summed E-state index contributed by atoms with van der Waals surface area (Å²) < 4.78 is 12.3. The number of hydrogen-bond donors (Lipinski definition) is 0. The molecular formula is C18H16BrNO3S. The van der Waals surface area contributed by atoms with Crippen molar-refractivity contribution in [2.75, 3.05) is 25.5 Å². The molecule has 0 saturated carbocycles. The number of thioether (sulfide) groups is 1. The van der Waals surface area contributed by atoms with Gasteiger partial charge < -0.3 is 14.4 Å². The molecule has 0 radical (unpaired) electrons. The average molecular weight is 406 g/mol. The molecule has 1 amide bonds. The fourth-order valence-corrected chi connectivity index (χ4v) is 4.50. The number of carbonyl (C=O) groups excluding carboxylic acids is 1. The molecule has 1 atom stereocenters. The molecular weight excluding hydrogens is 390 g/mol. The van der Waals surface area contributed by atoms with Crippen LogP contribution in [0.25, 0.3) is 0 Å². The molecule has 2 aromatic rings. The van der Waals surface area contributed by atoms with Gasteiger partial charge in [0.05, 0.1) is 5.56 Å². The number of nitrogens with zero attached hydrogens (tertiary/aromatic N) is 1. The predicted octanol–water partition coefficient (Wildman–Crippen LogP) is 4.11. The lowest BCUT2D eigenvalue weighted by Gasteiger charge is -2.27. The van der Waals surface area contributed by atoms with E-state index in [0.717, 1.165) is 22.3 Å². The van der Waals surface area contributed by atoms with Crippen LogP contribution in [0.4, 0.5) is 0 Å². The van der Waals surface area contributed by atoms with Crippen molar-refractivity contribution in [1.29, 1.82) is 0 Å². The Morgan fingerprint density at radius 2 is 1.92 bits per heavy atom. The Morgan fingerprint density at radius 1 is 1.12 bits per heavy atom. The van der Waals surface area contributed by atoms with Crippen molar-refractivity contribution < 1.29 is 14.3 Å². The van der Waals surface area contributed by atoms with Crippen molar-refractivity contribution >= 4 is 33.6 Å². The summed E-state index contributed by atoms with van der Waals surface area (Å²) in [5.74, 6) is 2.15. The van der Waals surface area contributed by atoms with Gasteiger partial charge in [-0.15, -0.1) is 11.8 Å². The summed E-state index contributed by atoms with van der Waals surface area (Å²) in [6.45, 7) is 1.72. The number of ether oxygens (including phenoxy) is 2. The maximum absolute atomic E-state index is 13.1. The van der Waals surface area contributed by atoms with E-state index in [-0.39, 0.29) is 11.3 Å². The van der Waals surface area contributed by atoms with Crippen molar-refractivity contribution in [1.82, 2.24) is 4.90 Å². The predicted molar refractivity (Wildman–Crippen MR) is 97.8 cm³/mol. The highest BCUT2D eigenvalue weighted by Crippen LogP contribution is 2.41. The quantitative estimate of drug-likeness (QED) is 0.753. The van der Waals surface area contributed by atoms with E-state index in [4.69, 9.17) is 9.47 Å². The molecule has 0 N–H and O–H groups in total. The van der Waals surface area contributed by atoms with Crippen molar-refractivity contribution in [2.24, 2.45) is 0 Å². The minimum absolute atomic E-state index is 0.00438. The van der Waals surface area contributed by atoms with E-state index in [9.17, 15) is 4.79 Å². The lowest BCUT2D eigenvalue weighted by Crippen LogP contribution is -2.31. The molecule has 0 bridgehead atoms. The van der Waals surface area contributed by atoms with Gasteiger partial charge in [0, 0.05) is 16.8 Å². The highest BCUT2D eigenvalue weighted by atomic mass is 79.9. The molecule has 0 aromatic heterocycles. The summed E-state index contributed by atoms with van der Waals surface area (Å²) in [7, 11) is 0. The molecule has 4 rings (SSSR count). The maximum Gasteiger partial charge on any atom is 0.258 e. The zero-order chi connectivity index (χ0) is 16.5. The molecule has 0 spiro atoms. The summed E-state index contributed by atoms with van der Waals surface area (Å²) in [5, 5.41) is 0.0333. The van der Waals surface area contributed by atoms with Crippen LogP contribution in [0.15, 0.2) is 46.9 Å². The standard InChI is InChI=1S/C18H16BrNO3S/c19-13-6-4-12(5-7-13)18-20(8-11-24-18)17(21)14-2-1-3-15-16(14)23-10-9-22-15/h1-7,18H,8-11H2. The van der Waals surface area contributed by atoms with Gasteiger partial charge in [0.2, 0.25) is 0 Å². The summed E-state index contributed by atoms with van der Waals surface area (Å²) in [4.78, 5) is 15.1. The van der Waals surface area contributed by atoms with Gasteiger partial charge in [-0.3, -0.25) is 4.79 Å². The molecule has 6 heteroatoms. The Bertz CT molecular complexity index is 765. The Morgan fingerprint density at radius 3 is 2.75 bits per heavy atom. The van der Waals surface area contributed by atoms with Crippen LogP contribution in [-0.4, -0.2) is 36.3 Å². The number of rotatable bonds is 2. The van der Waals surface area contributed by atoms with E-state index in [2.05, 4.69) is 28.1 Å². The lowest BCUT2D eigenvalue weighted by atomic mass is 10.1. The largest absolute Gasteiger partial charge is 0.486 e. The Hall–Kier alpha value is -1.66. The first-order chi connectivity index (χ1) is 11.7. The van der Waals surface area contributed by atoms with Gasteiger partial charge in [0.1, 0.15) is 18.6 Å². The molecule has 2 heterocycles. The number of hydrogen-bond acceptors (Lipinski definition) is 4. The van der Waals surface area contributed by atoms with Crippen LogP contribution in [0.1, 0.15) is 21.3 Å². The molecule has 2 aliphatic rings. The van der Waals surface area contributed by atoms with E-state index in [1.807, 2.05) is 35.2 Å².